The summed E-state index contributed by atoms with van der Waals surface area (Å²) in [5, 5.41) is 4.25. The number of nitrogens with two attached hydrogens (primary N) is 2. The van der Waals surface area contributed by atoms with Crippen molar-refractivity contribution in [1.29, 1.82) is 0 Å². The van der Waals surface area contributed by atoms with Crippen LogP contribution in [0.15, 0.2) is 59.0 Å². The van der Waals surface area contributed by atoms with E-state index in [2.05, 4.69) is 40.7 Å². The zero-order valence-corrected chi connectivity index (χ0v) is 21.8. The molecule has 0 saturated heterocycles. The topological polar surface area (TPSA) is 127 Å². The van der Waals surface area contributed by atoms with Crippen LogP contribution >= 0.6 is 0 Å². The van der Waals surface area contributed by atoms with Gasteiger partial charge in [0.25, 0.3) is 0 Å². The molecule has 192 valence electrons. The molecule has 0 spiro atoms. The maximum absolute atomic E-state index is 12.2. The first kappa shape index (κ1) is 29.6. The van der Waals surface area contributed by atoms with Gasteiger partial charge in [0, 0.05) is 30.4 Å². The maximum Gasteiger partial charge on any atom is 0.354 e. The second kappa shape index (κ2) is 17.1. The number of nitrogens with zero attached hydrogens (tertiary/aromatic N) is 3. The fourth-order valence-electron chi connectivity index (χ4n) is 3.24. The predicted octanol–water partition coefficient (Wildman–Crippen LogP) is 4.55. The summed E-state index contributed by atoms with van der Waals surface area (Å²) in [5.74, 6) is 0.123. The SMILES string of the molecule is C=CC.CCCCCC.Cc1cc2cn(-c3ccc(CNCCCN=C(N)N)cc3)c(=O)nc2[nH]1. The quantitative estimate of drug-likeness (QED) is 0.146. The van der Waals surface area contributed by atoms with Crippen molar-refractivity contribution < 1.29 is 0 Å². The average molecular weight is 482 g/mol. The van der Waals surface area contributed by atoms with Crippen LogP contribution < -0.4 is 22.5 Å². The number of allylic oxidation sites excluding steroid dienone is 1. The van der Waals surface area contributed by atoms with Gasteiger partial charge in [-0.2, -0.15) is 4.98 Å². The number of aromatic nitrogens is 3. The van der Waals surface area contributed by atoms with Crippen LogP contribution in [-0.2, 0) is 6.54 Å². The fraction of sp³-hybridized carbons (Fsp3) is 0.444. The molecule has 35 heavy (non-hydrogen) atoms. The summed E-state index contributed by atoms with van der Waals surface area (Å²) in [6, 6.07) is 9.81. The number of benzene rings is 1. The van der Waals surface area contributed by atoms with E-state index in [4.69, 9.17) is 11.5 Å². The minimum Gasteiger partial charge on any atom is -0.370 e. The highest BCUT2D eigenvalue weighted by atomic mass is 16.1. The molecule has 0 fully saturated rings. The normalized spacial score (nSPS) is 10.1. The van der Waals surface area contributed by atoms with Gasteiger partial charge >= 0.3 is 5.69 Å². The highest BCUT2D eigenvalue weighted by molar-refractivity contribution is 5.76. The lowest BCUT2D eigenvalue weighted by molar-refractivity contribution is 0.655. The summed E-state index contributed by atoms with van der Waals surface area (Å²) in [5.41, 5.74) is 13.8. The lowest BCUT2D eigenvalue weighted by Crippen LogP contribution is -2.23. The molecular formula is C27H43N7O. The minimum atomic E-state index is -0.301. The standard InChI is InChI=1S/C18H23N7O.C6H14.C3H6/c1-12-9-14-11-25(18(26)24-16(14)23-12)15-5-3-13(4-6-15)10-21-7-2-8-22-17(19)20;1-3-5-6-4-2;1-3-2/h3-6,9,11,21H,2,7-8,10H2,1H3,(H4,19,20,22)(H,23,24,26);3-6H2,1-2H3;3H,1H2,2H3. The van der Waals surface area contributed by atoms with Gasteiger partial charge in [-0.15, -0.1) is 6.58 Å². The molecule has 8 nitrogen and oxygen atoms in total. The Bertz CT molecular complexity index is 1070. The number of rotatable bonds is 10. The Kier molecular flexibility index (Phi) is 14.5. The third-order valence-electron chi connectivity index (χ3n) is 4.95. The van der Waals surface area contributed by atoms with E-state index in [0.29, 0.717) is 12.2 Å². The van der Waals surface area contributed by atoms with E-state index < -0.39 is 0 Å². The van der Waals surface area contributed by atoms with Crippen LogP contribution in [0.1, 0.15) is 64.1 Å². The number of hydrogen-bond donors (Lipinski definition) is 4. The number of hydrogen-bond acceptors (Lipinski definition) is 4. The number of aromatic amines is 1. The van der Waals surface area contributed by atoms with E-state index in [-0.39, 0.29) is 11.6 Å². The molecule has 0 aliphatic rings. The molecule has 0 aliphatic carbocycles. The summed E-state index contributed by atoms with van der Waals surface area (Å²) in [6.45, 7) is 13.8. The molecule has 0 saturated carbocycles. The third kappa shape index (κ3) is 11.5. The Hall–Kier alpha value is -3.39. The van der Waals surface area contributed by atoms with Crippen molar-refractivity contribution >= 4 is 17.0 Å². The van der Waals surface area contributed by atoms with E-state index in [0.717, 1.165) is 41.8 Å². The molecule has 0 bridgehead atoms. The number of aliphatic imine (C=N–C) groups is 1. The number of H-pyrrole nitrogens is 1. The Balaban J connectivity index is 0.000000586. The van der Waals surface area contributed by atoms with Crippen molar-refractivity contribution in [2.75, 3.05) is 13.1 Å². The number of fused-ring (bicyclic) bond motifs is 1. The monoisotopic (exact) mass is 481 g/mol. The third-order valence-corrected chi connectivity index (χ3v) is 4.95. The predicted molar refractivity (Wildman–Crippen MR) is 149 cm³/mol. The Morgan fingerprint density at radius 1 is 1.17 bits per heavy atom. The molecule has 3 aromatic rings. The van der Waals surface area contributed by atoms with Gasteiger partial charge in [-0.3, -0.25) is 9.56 Å². The minimum absolute atomic E-state index is 0.123. The first-order valence-electron chi connectivity index (χ1n) is 12.4. The molecule has 6 N–H and O–H groups in total. The number of guanidine groups is 1. The van der Waals surface area contributed by atoms with Gasteiger partial charge in [0.2, 0.25) is 0 Å². The van der Waals surface area contributed by atoms with Gasteiger partial charge in [0.15, 0.2) is 5.96 Å². The smallest absolute Gasteiger partial charge is 0.354 e. The largest absolute Gasteiger partial charge is 0.370 e. The van der Waals surface area contributed by atoms with E-state index >= 15 is 0 Å². The van der Waals surface area contributed by atoms with Crippen molar-refractivity contribution in [1.82, 2.24) is 19.9 Å². The van der Waals surface area contributed by atoms with Crippen molar-refractivity contribution in [2.45, 2.75) is 66.3 Å². The van der Waals surface area contributed by atoms with Crippen LogP contribution in [0.25, 0.3) is 16.7 Å². The Morgan fingerprint density at radius 2 is 1.80 bits per heavy atom. The van der Waals surface area contributed by atoms with Crippen LogP contribution in [0, 0.1) is 6.92 Å². The maximum atomic E-state index is 12.2. The van der Waals surface area contributed by atoms with Crippen LogP contribution in [0.5, 0.6) is 0 Å². The zero-order chi connectivity index (χ0) is 26.1. The molecule has 2 aromatic heterocycles. The van der Waals surface area contributed by atoms with Crippen molar-refractivity contribution in [3.05, 3.63) is 70.9 Å². The van der Waals surface area contributed by atoms with Crippen LogP contribution in [0.4, 0.5) is 0 Å². The zero-order valence-electron chi connectivity index (χ0n) is 21.8. The summed E-state index contributed by atoms with van der Waals surface area (Å²) in [6.07, 6.45) is 9.97. The highest BCUT2D eigenvalue weighted by Crippen LogP contribution is 2.13. The van der Waals surface area contributed by atoms with Crippen LogP contribution in [0.2, 0.25) is 0 Å². The second-order valence-corrected chi connectivity index (χ2v) is 8.27. The molecule has 0 unspecified atom stereocenters. The molecule has 0 radical (unpaired) electrons. The summed E-state index contributed by atoms with van der Waals surface area (Å²) >= 11 is 0. The number of unbranched alkanes of at least 4 members (excludes halogenated alkanes) is 3. The molecule has 0 amide bonds. The second-order valence-electron chi connectivity index (χ2n) is 8.27. The molecular weight excluding hydrogens is 438 g/mol. The van der Waals surface area contributed by atoms with Crippen molar-refractivity contribution in [3.8, 4) is 5.69 Å². The van der Waals surface area contributed by atoms with E-state index in [1.165, 1.54) is 25.7 Å². The van der Waals surface area contributed by atoms with Crippen molar-refractivity contribution in [3.63, 3.8) is 0 Å². The number of aryl methyl sites for hydroxylation is 1. The van der Waals surface area contributed by atoms with Gasteiger partial charge < -0.3 is 21.8 Å². The van der Waals surface area contributed by atoms with E-state index in [1.807, 2.05) is 50.4 Å². The summed E-state index contributed by atoms with van der Waals surface area (Å²) < 4.78 is 1.56. The fourth-order valence-corrected chi connectivity index (χ4v) is 3.24. The molecule has 2 heterocycles. The van der Waals surface area contributed by atoms with E-state index in [9.17, 15) is 4.79 Å². The van der Waals surface area contributed by atoms with Gasteiger partial charge in [0.05, 0.1) is 5.69 Å². The van der Waals surface area contributed by atoms with Gasteiger partial charge in [-0.25, -0.2) is 4.79 Å². The molecule has 3 rings (SSSR count). The number of nitrogens with one attached hydrogen (secondary N) is 2. The van der Waals surface area contributed by atoms with Crippen LogP contribution in [0.3, 0.4) is 0 Å². The van der Waals surface area contributed by atoms with E-state index in [1.54, 1.807) is 10.6 Å². The highest BCUT2D eigenvalue weighted by Gasteiger charge is 2.06. The molecule has 1 aromatic carbocycles. The first-order chi connectivity index (χ1) is 16.9. The Labute approximate surface area is 209 Å². The summed E-state index contributed by atoms with van der Waals surface area (Å²) in [4.78, 5) is 23.3. The van der Waals surface area contributed by atoms with Crippen molar-refractivity contribution in [2.24, 2.45) is 16.5 Å². The molecule has 0 atom stereocenters. The molecule has 8 heteroatoms. The lowest BCUT2D eigenvalue weighted by Gasteiger charge is -2.08. The van der Waals surface area contributed by atoms with Gasteiger partial charge in [-0.05, 0) is 50.6 Å². The van der Waals surface area contributed by atoms with Crippen LogP contribution in [-0.4, -0.2) is 33.6 Å². The average Bonchev–Trinajstić information content (AvgIpc) is 3.19. The van der Waals surface area contributed by atoms with Gasteiger partial charge in [0.1, 0.15) is 5.65 Å². The Morgan fingerprint density at radius 3 is 2.37 bits per heavy atom. The lowest BCUT2D eigenvalue weighted by atomic mass is 10.2. The van der Waals surface area contributed by atoms with Gasteiger partial charge in [-0.1, -0.05) is 57.7 Å². The molecule has 0 aliphatic heterocycles. The summed E-state index contributed by atoms with van der Waals surface area (Å²) in [7, 11) is 0. The first-order valence-corrected chi connectivity index (χ1v) is 12.4.